The van der Waals surface area contributed by atoms with Crippen LogP contribution in [0.5, 0.6) is 0 Å². The summed E-state index contributed by atoms with van der Waals surface area (Å²) >= 11 is 0. The van der Waals surface area contributed by atoms with Crippen LogP contribution in [0.15, 0.2) is 18.5 Å². The van der Waals surface area contributed by atoms with Gasteiger partial charge in [-0.2, -0.15) is 0 Å². The Morgan fingerprint density at radius 2 is 2.23 bits per heavy atom. The van der Waals surface area contributed by atoms with Crippen molar-refractivity contribution in [3.8, 4) is 0 Å². The largest absolute Gasteiger partial charge is 0.354 e. The highest BCUT2D eigenvalue weighted by atomic mass is 14.9. The molecule has 1 heterocycles. The number of unbranched alkanes of at least 4 members (excludes halogenated alkanes) is 2. The molecule has 2 heteroatoms. The van der Waals surface area contributed by atoms with Crippen molar-refractivity contribution in [2.24, 2.45) is 0 Å². The van der Waals surface area contributed by atoms with Crippen molar-refractivity contribution in [3.05, 3.63) is 24.0 Å². The second-order valence-corrected chi connectivity index (χ2v) is 3.50. The topological polar surface area (TPSA) is 17.0 Å². The second kappa shape index (κ2) is 5.81. The molecule has 74 valence electrons. The van der Waals surface area contributed by atoms with Crippen LogP contribution < -0.4 is 5.32 Å². The molecule has 0 spiro atoms. The van der Waals surface area contributed by atoms with E-state index in [2.05, 4.69) is 35.3 Å². The number of rotatable bonds is 6. The molecule has 0 saturated heterocycles. The van der Waals surface area contributed by atoms with E-state index in [1.54, 1.807) is 0 Å². The number of hydrogen-bond acceptors (Lipinski definition) is 1. The van der Waals surface area contributed by atoms with Crippen molar-refractivity contribution in [2.75, 3.05) is 7.05 Å². The van der Waals surface area contributed by atoms with Gasteiger partial charge < -0.3 is 9.88 Å². The lowest BCUT2D eigenvalue weighted by atomic mass is 10.2. The van der Waals surface area contributed by atoms with Crippen molar-refractivity contribution in [1.82, 2.24) is 9.88 Å². The smallest absolute Gasteiger partial charge is 0.0219 e. The maximum Gasteiger partial charge on any atom is 0.0219 e. The first kappa shape index (κ1) is 10.3. The Kier molecular flexibility index (Phi) is 4.61. The van der Waals surface area contributed by atoms with Crippen LogP contribution in [0.4, 0.5) is 0 Å². The molecule has 0 saturated carbocycles. The molecule has 1 aromatic rings. The Morgan fingerprint density at radius 3 is 2.92 bits per heavy atom. The molecule has 0 aliphatic carbocycles. The van der Waals surface area contributed by atoms with Crippen LogP contribution in [0.2, 0.25) is 0 Å². The average Bonchev–Trinajstić information content (AvgIpc) is 2.54. The summed E-state index contributed by atoms with van der Waals surface area (Å²) in [5, 5.41) is 3.15. The first-order valence-electron chi connectivity index (χ1n) is 5.16. The summed E-state index contributed by atoms with van der Waals surface area (Å²) in [6, 6.07) is 2.18. The van der Waals surface area contributed by atoms with Gasteiger partial charge in [0, 0.05) is 25.5 Å². The van der Waals surface area contributed by atoms with Crippen molar-refractivity contribution in [2.45, 2.75) is 39.3 Å². The molecular weight excluding hydrogens is 160 g/mol. The Bertz CT molecular complexity index is 228. The summed E-state index contributed by atoms with van der Waals surface area (Å²) < 4.78 is 2.28. The van der Waals surface area contributed by atoms with Gasteiger partial charge in [-0.1, -0.05) is 19.8 Å². The summed E-state index contributed by atoms with van der Waals surface area (Å²) in [6.45, 7) is 4.38. The Hall–Kier alpha value is -0.760. The highest BCUT2D eigenvalue weighted by Crippen LogP contribution is 2.03. The molecule has 1 aromatic heterocycles. The van der Waals surface area contributed by atoms with Crippen LogP contribution in [0.25, 0.3) is 0 Å². The van der Waals surface area contributed by atoms with E-state index >= 15 is 0 Å². The van der Waals surface area contributed by atoms with Crippen molar-refractivity contribution in [3.63, 3.8) is 0 Å². The van der Waals surface area contributed by atoms with Gasteiger partial charge in [-0.25, -0.2) is 0 Å². The summed E-state index contributed by atoms with van der Waals surface area (Å²) in [7, 11) is 1.98. The molecule has 0 bridgehead atoms. The molecule has 13 heavy (non-hydrogen) atoms. The van der Waals surface area contributed by atoms with Crippen LogP contribution in [0, 0.1) is 0 Å². The van der Waals surface area contributed by atoms with E-state index in [1.165, 1.54) is 24.8 Å². The molecule has 2 nitrogen and oxygen atoms in total. The van der Waals surface area contributed by atoms with Gasteiger partial charge in [-0.15, -0.1) is 0 Å². The van der Waals surface area contributed by atoms with Gasteiger partial charge >= 0.3 is 0 Å². The van der Waals surface area contributed by atoms with E-state index in [0.29, 0.717) is 0 Å². The summed E-state index contributed by atoms with van der Waals surface area (Å²) in [5.74, 6) is 0. The van der Waals surface area contributed by atoms with E-state index in [-0.39, 0.29) is 0 Å². The third kappa shape index (κ3) is 3.64. The molecule has 0 aliphatic rings. The summed E-state index contributed by atoms with van der Waals surface area (Å²) in [4.78, 5) is 0. The van der Waals surface area contributed by atoms with E-state index in [0.717, 1.165) is 13.1 Å². The SMILES string of the molecule is CCCCCn1ccc(CNC)c1. The third-order valence-electron chi connectivity index (χ3n) is 2.21. The molecular formula is C11H20N2. The standard InChI is InChI=1S/C11H20N2/c1-3-4-5-7-13-8-6-11(10-13)9-12-2/h6,8,10,12H,3-5,7,9H2,1-2H3. The van der Waals surface area contributed by atoms with Gasteiger partial charge in [0.2, 0.25) is 0 Å². The Morgan fingerprint density at radius 1 is 1.38 bits per heavy atom. The highest BCUT2D eigenvalue weighted by molar-refractivity contribution is 5.09. The van der Waals surface area contributed by atoms with Gasteiger partial charge in [-0.3, -0.25) is 0 Å². The van der Waals surface area contributed by atoms with E-state index in [9.17, 15) is 0 Å². The predicted octanol–water partition coefficient (Wildman–Crippen LogP) is 2.40. The Labute approximate surface area is 81.0 Å². The number of aryl methyl sites for hydroxylation is 1. The lowest BCUT2D eigenvalue weighted by Gasteiger charge is -2.00. The summed E-state index contributed by atoms with van der Waals surface area (Å²) in [6.07, 6.45) is 8.32. The maximum absolute atomic E-state index is 3.15. The zero-order valence-corrected chi connectivity index (χ0v) is 8.71. The monoisotopic (exact) mass is 180 g/mol. The van der Waals surface area contributed by atoms with E-state index in [1.807, 2.05) is 7.05 Å². The van der Waals surface area contributed by atoms with Crippen molar-refractivity contribution in [1.29, 1.82) is 0 Å². The van der Waals surface area contributed by atoms with Crippen LogP contribution in [0.1, 0.15) is 31.7 Å². The van der Waals surface area contributed by atoms with Gasteiger partial charge in [0.25, 0.3) is 0 Å². The molecule has 0 unspecified atom stereocenters. The van der Waals surface area contributed by atoms with Crippen LogP contribution in [0.3, 0.4) is 0 Å². The minimum Gasteiger partial charge on any atom is -0.354 e. The normalized spacial score (nSPS) is 10.6. The molecule has 0 atom stereocenters. The molecule has 0 fully saturated rings. The fourth-order valence-corrected chi connectivity index (χ4v) is 1.48. The average molecular weight is 180 g/mol. The van der Waals surface area contributed by atoms with Gasteiger partial charge in [0.05, 0.1) is 0 Å². The van der Waals surface area contributed by atoms with Crippen molar-refractivity contribution >= 4 is 0 Å². The fourth-order valence-electron chi connectivity index (χ4n) is 1.48. The molecule has 0 aromatic carbocycles. The molecule has 0 amide bonds. The first-order valence-corrected chi connectivity index (χ1v) is 5.16. The zero-order valence-electron chi connectivity index (χ0n) is 8.71. The van der Waals surface area contributed by atoms with Crippen LogP contribution in [-0.2, 0) is 13.1 Å². The highest BCUT2D eigenvalue weighted by Gasteiger charge is 1.94. The second-order valence-electron chi connectivity index (χ2n) is 3.50. The van der Waals surface area contributed by atoms with Gasteiger partial charge in [0.1, 0.15) is 0 Å². The van der Waals surface area contributed by atoms with E-state index in [4.69, 9.17) is 0 Å². The number of nitrogens with zero attached hydrogens (tertiary/aromatic N) is 1. The quantitative estimate of drug-likeness (QED) is 0.665. The molecule has 1 rings (SSSR count). The van der Waals surface area contributed by atoms with E-state index < -0.39 is 0 Å². The van der Waals surface area contributed by atoms with Gasteiger partial charge in [-0.05, 0) is 25.1 Å². The number of hydrogen-bond donors (Lipinski definition) is 1. The molecule has 0 aliphatic heterocycles. The minimum atomic E-state index is 0.973. The maximum atomic E-state index is 3.15. The third-order valence-corrected chi connectivity index (χ3v) is 2.21. The molecule has 1 N–H and O–H groups in total. The minimum absolute atomic E-state index is 0.973. The number of aromatic nitrogens is 1. The lowest BCUT2D eigenvalue weighted by Crippen LogP contribution is -2.04. The fraction of sp³-hybridized carbons (Fsp3) is 0.636. The zero-order chi connectivity index (χ0) is 9.52. The predicted molar refractivity (Wildman–Crippen MR) is 56.7 cm³/mol. The molecule has 0 radical (unpaired) electrons. The summed E-state index contributed by atoms with van der Waals surface area (Å²) in [5.41, 5.74) is 1.37. The first-order chi connectivity index (χ1) is 6.36. The number of nitrogens with one attached hydrogen (secondary N) is 1. The van der Waals surface area contributed by atoms with Crippen LogP contribution >= 0.6 is 0 Å². The van der Waals surface area contributed by atoms with Crippen molar-refractivity contribution < 1.29 is 0 Å². The van der Waals surface area contributed by atoms with Gasteiger partial charge in [0.15, 0.2) is 0 Å². The lowest BCUT2D eigenvalue weighted by molar-refractivity contribution is 0.603. The van der Waals surface area contributed by atoms with Crippen LogP contribution in [-0.4, -0.2) is 11.6 Å². The Balaban J connectivity index is 2.31.